The van der Waals surface area contributed by atoms with Gasteiger partial charge in [0.15, 0.2) is 0 Å². The first-order chi connectivity index (χ1) is 11.3. The number of fused-ring (bicyclic) bond motifs is 1. The number of hydrogen-bond acceptors (Lipinski definition) is 2. The molecule has 1 saturated heterocycles. The third kappa shape index (κ3) is 2.03. The zero-order valence-electron chi connectivity index (χ0n) is 14.0. The molecule has 3 aliphatic rings. The number of likely N-dealkylation sites (tertiary alicyclic amines) is 1. The highest BCUT2D eigenvalue weighted by molar-refractivity contribution is 5.91. The molecule has 3 fully saturated rings. The van der Waals surface area contributed by atoms with Gasteiger partial charge in [-0.25, -0.2) is 9.18 Å². The first-order valence-corrected chi connectivity index (χ1v) is 8.63. The van der Waals surface area contributed by atoms with Crippen molar-refractivity contribution in [1.82, 2.24) is 4.90 Å². The van der Waals surface area contributed by atoms with Gasteiger partial charge < -0.3 is 10.0 Å². The van der Waals surface area contributed by atoms with Crippen molar-refractivity contribution in [3.63, 3.8) is 0 Å². The molecular formula is C19H22FNO3. The number of nitrogens with zero attached hydrogens (tertiary/aromatic N) is 1. The average Bonchev–Trinajstić information content (AvgIpc) is 3.36. The summed E-state index contributed by atoms with van der Waals surface area (Å²) in [5.74, 6) is -1.31. The van der Waals surface area contributed by atoms with E-state index in [0.29, 0.717) is 18.0 Å². The van der Waals surface area contributed by atoms with Crippen LogP contribution in [-0.4, -0.2) is 34.0 Å². The van der Waals surface area contributed by atoms with Crippen molar-refractivity contribution >= 4 is 11.9 Å². The number of halogens is 1. The van der Waals surface area contributed by atoms with Crippen molar-refractivity contribution in [1.29, 1.82) is 0 Å². The van der Waals surface area contributed by atoms with Crippen LogP contribution in [0.15, 0.2) is 18.2 Å². The molecule has 1 unspecified atom stereocenters. The van der Waals surface area contributed by atoms with Gasteiger partial charge in [0.05, 0.1) is 11.0 Å². The fourth-order valence-electron chi connectivity index (χ4n) is 4.49. The maximum Gasteiger partial charge on any atom is 0.338 e. The van der Waals surface area contributed by atoms with Crippen LogP contribution in [0.3, 0.4) is 0 Å². The van der Waals surface area contributed by atoms with Gasteiger partial charge in [0.2, 0.25) is 5.91 Å². The summed E-state index contributed by atoms with van der Waals surface area (Å²) in [6.07, 6.45) is 3.59. The lowest BCUT2D eigenvalue weighted by atomic mass is 9.74. The predicted molar refractivity (Wildman–Crippen MR) is 86.3 cm³/mol. The number of rotatable bonds is 3. The zero-order chi connectivity index (χ0) is 17.3. The van der Waals surface area contributed by atoms with E-state index in [-0.39, 0.29) is 22.8 Å². The zero-order valence-corrected chi connectivity index (χ0v) is 14.0. The highest BCUT2D eigenvalue weighted by Gasteiger charge is 2.76. The highest BCUT2D eigenvalue weighted by atomic mass is 19.1. The van der Waals surface area contributed by atoms with E-state index < -0.39 is 17.3 Å². The normalized spacial score (nSPS) is 32.9. The molecule has 0 spiro atoms. The Balaban J connectivity index is 1.69. The summed E-state index contributed by atoms with van der Waals surface area (Å²) in [5.41, 5.74) is -0.494. The quantitative estimate of drug-likeness (QED) is 0.923. The standard InChI is InChI=1S/C19H22FNO3/c1-18(2)14(12-5-3-6-13(15(12)20)16(22)23)7-4-8-21(18)17(24)19-9-11(19)10-19/h3,5-6,11,14H,4,7-10H2,1-2H3,(H,22,23). The smallest absolute Gasteiger partial charge is 0.338 e. The number of benzene rings is 1. The molecule has 24 heavy (non-hydrogen) atoms. The minimum atomic E-state index is -1.26. The number of carboxylic acid groups (broad SMARTS) is 1. The first-order valence-electron chi connectivity index (χ1n) is 8.63. The summed E-state index contributed by atoms with van der Waals surface area (Å²) in [7, 11) is 0. The molecule has 2 aliphatic carbocycles. The van der Waals surface area contributed by atoms with Gasteiger partial charge in [-0.05, 0) is 57.1 Å². The third-order valence-corrected chi connectivity index (χ3v) is 6.41. The number of carbonyl (C=O) groups excluding carboxylic acids is 1. The lowest BCUT2D eigenvalue weighted by molar-refractivity contribution is -0.143. The Kier molecular flexibility index (Phi) is 3.12. The van der Waals surface area contributed by atoms with E-state index >= 15 is 0 Å². The second-order valence-corrected chi connectivity index (χ2v) is 8.08. The molecule has 4 rings (SSSR count). The van der Waals surface area contributed by atoms with Gasteiger partial charge in [-0.15, -0.1) is 0 Å². The molecule has 1 aromatic rings. The van der Waals surface area contributed by atoms with Crippen molar-refractivity contribution in [2.24, 2.45) is 11.3 Å². The van der Waals surface area contributed by atoms with Gasteiger partial charge in [0.25, 0.3) is 0 Å². The molecule has 2 saturated carbocycles. The number of hydrogen-bond donors (Lipinski definition) is 1. The predicted octanol–water partition coefficient (Wildman–Crippen LogP) is 3.42. The fraction of sp³-hybridized carbons (Fsp3) is 0.579. The summed E-state index contributed by atoms with van der Waals surface area (Å²) in [5, 5.41) is 9.17. The number of carbonyl (C=O) groups is 2. The second kappa shape index (κ2) is 4.80. The first kappa shape index (κ1) is 15.6. The summed E-state index contributed by atoms with van der Waals surface area (Å²) in [6, 6.07) is 4.55. The van der Waals surface area contributed by atoms with Gasteiger partial charge in [-0.2, -0.15) is 0 Å². The Morgan fingerprint density at radius 1 is 1.29 bits per heavy atom. The van der Waals surface area contributed by atoms with Crippen LogP contribution in [0.4, 0.5) is 4.39 Å². The number of amides is 1. The molecule has 1 amide bonds. The average molecular weight is 331 g/mol. The molecule has 1 aliphatic heterocycles. The van der Waals surface area contributed by atoms with E-state index in [0.717, 1.165) is 25.7 Å². The summed E-state index contributed by atoms with van der Waals surface area (Å²) in [4.78, 5) is 26.1. The summed E-state index contributed by atoms with van der Waals surface area (Å²) in [6.45, 7) is 4.67. The van der Waals surface area contributed by atoms with Crippen LogP contribution in [0.5, 0.6) is 0 Å². The topological polar surface area (TPSA) is 57.6 Å². The molecule has 128 valence electrons. The van der Waals surface area contributed by atoms with E-state index in [9.17, 15) is 19.1 Å². The van der Waals surface area contributed by atoms with Gasteiger partial charge in [0.1, 0.15) is 5.82 Å². The molecule has 1 atom stereocenters. The van der Waals surface area contributed by atoms with Gasteiger partial charge in [-0.3, -0.25) is 4.79 Å². The van der Waals surface area contributed by atoms with Crippen molar-refractivity contribution in [3.05, 3.63) is 35.1 Å². The van der Waals surface area contributed by atoms with Crippen molar-refractivity contribution < 1.29 is 19.1 Å². The van der Waals surface area contributed by atoms with E-state index in [2.05, 4.69) is 0 Å². The Hall–Kier alpha value is -1.91. The number of aromatic carboxylic acids is 1. The Morgan fingerprint density at radius 2 is 1.96 bits per heavy atom. The molecule has 1 heterocycles. The second-order valence-electron chi connectivity index (χ2n) is 8.08. The number of piperidine rings is 1. The maximum atomic E-state index is 14.7. The van der Waals surface area contributed by atoms with Crippen LogP contribution in [0.1, 0.15) is 61.4 Å². The van der Waals surface area contributed by atoms with Crippen LogP contribution in [0, 0.1) is 17.2 Å². The number of carboxylic acids is 1. The molecule has 5 heteroatoms. The largest absolute Gasteiger partial charge is 0.478 e. The third-order valence-electron chi connectivity index (χ3n) is 6.41. The van der Waals surface area contributed by atoms with Gasteiger partial charge in [-0.1, -0.05) is 12.1 Å². The van der Waals surface area contributed by atoms with E-state index in [1.807, 2.05) is 18.7 Å². The van der Waals surface area contributed by atoms with Gasteiger partial charge in [0, 0.05) is 18.0 Å². The summed E-state index contributed by atoms with van der Waals surface area (Å²) >= 11 is 0. The summed E-state index contributed by atoms with van der Waals surface area (Å²) < 4.78 is 14.7. The van der Waals surface area contributed by atoms with E-state index in [1.165, 1.54) is 6.07 Å². The van der Waals surface area contributed by atoms with Crippen LogP contribution < -0.4 is 0 Å². The van der Waals surface area contributed by atoms with Crippen molar-refractivity contribution in [2.75, 3.05) is 6.54 Å². The SMILES string of the molecule is CC1(C)C(c2cccc(C(=O)O)c2F)CCCN1C(=O)C12CC1C2. The van der Waals surface area contributed by atoms with E-state index in [1.54, 1.807) is 12.1 Å². The van der Waals surface area contributed by atoms with E-state index in [4.69, 9.17) is 0 Å². The van der Waals surface area contributed by atoms with Crippen LogP contribution in [0.2, 0.25) is 0 Å². The Labute approximate surface area is 140 Å². The maximum absolute atomic E-state index is 14.7. The van der Waals surface area contributed by atoms with Gasteiger partial charge >= 0.3 is 5.97 Å². The fourth-order valence-corrected chi connectivity index (χ4v) is 4.49. The minimum absolute atomic E-state index is 0.0966. The molecule has 0 aromatic heterocycles. The molecule has 0 bridgehead atoms. The molecule has 1 aromatic carbocycles. The van der Waals surface area contributed by atoms with Crippen LogP contribution in [0.25, 0.3) is 0 Å². The highest BCUT2D eigenvalue weighted by Crippen LogP contribution is 2.76. The van der Waals surface area contributed by atoms with Crippen LogP contribution >= 0.6 is 0 Å². The van der Waals surface area contributed by atoms with Crippen molar-refractivity contribution in [3.8, 4) is 0 Å². The molecule has 4 nitrogen and oxygen atoms in total. The van der Waals surface area contributed by atoms with Crippen molar-refractivity contribution in [2.45, 2.75) is 51.0 Å². The van der Waals surface area contributed by atoms with Crippen LogP contribution in [-0.2, 0) is 4.79 Å². The minimum Gasteiger partial charge on any atom is -0.478 e. The Bertz CT molecular complexity index is 736. The Morgan fingerprint density at radius 3 is 2.54 bits per heavy atom. The lowest BCUT2D eigenvalue weighted by Crippen LogP contribution is -2.56. The lowest BCUT2D eigenvalue weighted by Gasteiger charge is -2.49. The monoisotopic (exact) mass is 331 g/mol. The molecule has 0 radical (unpaired) electrons. The molecule has 1 N–H and O–H groups in total. The molecular weight excluding hydrogens is 309 g/mol.